The molecule has 0 aromatic carbocycles. The van der Waals surface area contributed by atoms with Crippen LogP contribution in [0.3, 0.4) is 0 Å². The lowest BCUT2D eigenvalue weighted by atomic mass is 9.61. The number of hydrogen-bond donors (Lipinski definition) is 0. The number of ether oxygens (including phenoxy) is 1. The maximum Gasteiger partial charge on any atom is 0.345 e. The van der Waals surface area contributed by atoms with Crippen LogP contribution in [0.1, 0.15) is 59.8 Å². The highest BCUT2D eigenvalue weighted by Gasteiger charge is 2.50. The van der Waals surface area contributed by atoms with Crippen molar-refractivity contribution in [1.29, 1.82) is 0 Å². The van der Waals surface area contributed by atoms with Crippen molar-refractivity contribution in [2.75, 3.05) is 6.54 Å². The number of alkyl halides is 2. The Kier molecular flexibility index (Phi) is 5.06. The molecule has 1 spiro atoms. The summed E-state index contributed by atoms with van der Waals surface area (Å²) in [5.41, 5.74) is 0.244. The Balaban J connectivity index is 1.96. The molecule has 0 bridgehead atoms. The zero-order valence-electron chi connectivity index (χ0n) is 13.2. The summed E-state index contributed by atoms with van der Waals surface area (Å²) < 4.78 is 29.2. The van der Waals surface area contributed by atoms with Gasteiger partial charge in [0.15, 0.2) is 0 Å². The van der Waals surface area contributed by atoms with Gasteiger partial charge < -0.3 is 4.74 Å². The molecule has 4 heteroatoms. The summed E-state index contributed by atoms with van der Waals surface area (Å²) in [4.78, 5) is 2.63. The van der Waals surface area contributed by atoms with E-state index in [0.717, 1.165) is 25.8 Å². The topological polar surface area (TPSA) is 12.5 Å². The maximum atomic E-state index is 12.3. The maximum absolute atomic E-state index is 12.3. The van der Waals surface area contributed by atoms with Crippen molar-refractivity contribution in [2.24, 2.45) is 11.3 Å². The summed E-state index contributed by atoms with van der Waals surface area (Å²) >= 11 is 0. The van der Waals surface area contributed by atoms with Gasteiger partial charge in [0.2, 0.25) is 0 Å². The molecule has 2 atom stereocenters. The lowest BCUT2D eigenvalue weighted by Gasteiger charge is -2.56. The van der Waals surface area contributed by atoms with Crippen LogP contribution in [0.2, 0.25) is 0 Å². The highest BCUT2D eigenvalue weighted by atomic mass is 19.3. The van der Waals surface area contributed by atoms with Crippen LogP contribution in [-0.2, 0) is 4.74 Å². The molecule has 1 aliphatic carbocycles. The second kappa shape index (κ2) is 6.27. The van der Waals surface area contributed by atoms with Crippen LogP contribution in [0, 0.1) is 11.3 Å². The summed E-state index contributed by atoms with van der Waals surface area (Å²) in [6, 6.07) is 1.22. The van der Waals surface area contributed by atoms with Crippen molar-refractivity contribution < 1.29 is 13.5 Å². The van der Waals surface area contributed by atoms with Crippen LogP contribution in [0.5, 0.6) is 0 Å². The van der Waals surface area contributed by atoms with Crippen LogP contribution in [-0.4, -0.2) is 36.2 Å². The lowest BCUT2D eigenvalue weighted by molar-refractivity contribution is -0.219. The highest BCUT2D eigenvalue weighted by molar-refractivity contribution is 5.02. The predicted molar refractivity (Wildman–Crippen MR) is 76.9 cm³/mol. The molecular formula is C16H29F2NO. The van der Waals surface area contributed by atoms with Gasteiger partial charge in [-0.15, -0.1) is 0 Å². The quantitative estimate of drug-likeness (QED) is 0.748. The van der Waals surface area contributed by atoms with E-state index in [4.69, 9.17) is 0 Å². The average molecular weight is 289 g/mol. The molecule has 20 heavy (non-hydrogen) atoms. The third-order valence-electron chi connectivity index (χ3n) is 5.46. The van der Waals surface area contributed by atoms with Gasteiger partial charge in [0.05, 0.1) is 6.10 Å². The van der Waals surface area contributed by atoms with Crippen molar-refractivity contribution in [3.05, 3.63) is 0 Å². The number of likely N-dealkylation sites (tertiary alicyclic amines) is 1. The fourth-order valence-electron chi connectivity index (χ4n) is 4.12. The summed E-state index contributed by atoms with van der Waals surface area (Å²) in [5, 5.41) is 0. The molecule has 0 aromatic rings. The third kappa shape index (κ3) is 3.33. The van der Waals surface area contributed by atoms with E-state index in [9.17, 15) is 8.78 Å². The predicted octanol–water partition coefficient (Wildman–Crippen LogP) is 4.29. The van der Waals surface area contributed by atoms with Gasteiger partial charge in [-0.05, 0) is 50.4 Å². The Morgan fingerprint density at radius 2 is 1.90 bits per heavy atom. The number of halogens is 2. The first kappa shape index (κ1) is 16.2. The Morgan fingerprint density at radius 1 is 1.25 bits per heavy atom. The molecule has 0 amide bonds. The minimum atomic E-state index is -2.62. The van der Waals surface area contributed by atoms with E-state index in [1.165, 1.54) is 12.8 Å². The average Bonchev–Trinajstić information content (AvgIpc) is 2.35. The second-order valence-corrected chi connectivity index (χ2v) is 7.21. The van der Waals surface area contributed by atoms with E-state index in [2.05, 4.69) is 37.3 Å². The van der Waals surface area contributed by atoms with Gasteiger partial charge in [-0.2, -0.15) is 8.78 Å². The van der Waals surface area contributed by atoms with Crippen LogP contribution in [0.4, 0.5) is 8.78 Å². The summed E-state index contributed by atoms with van der Waals surface area (Å²) in [6.45, 7) is 7.55. The molecule has 2 nitrogen and oxygen atoms in total. The number of hydrogen-bond acceptors (Lipinski definition) is 2. The minimum Gasteiger partial charge on any atom is -0.320 e. The van der Waals surface area contributed by atoms with Crippen molar-refractivity contribution in [1.82, 2.24) is 4.90 Å². The molecule has 2 rings (SSSR count). The molecule has 1 saturated carbocycles. The van der Waals surface area contributed by atoms with E-state index in [-0.39, 0.29) is 11.5 Å². The standard InChI is InChI=1S/C16H29F2NO/c1-5-12(4)19-10-16(7-6-14(19)11(2)3)8-13(9-16)20-15(17)18/h11-15H,5-10H2,1-4H3. The van der Waals surface area contributed by atoms with Crippen LogP contribution < -0.4 is 0 Å². The number of piperidine rings is 1. The van der Waals surface area contributed by atoms with Gasteiger partial charge in [-0.1, -0.05) is 20.8 Å². The molecule has 1 aliphatic heterocycles. The van der Waals surface area contributed by atoms with Crippen LogP contribution in [0.15, 0.2) is 0 Å². The molecule has 1 saturated heterocycles. The smallest absolute Gasteiger partial charge is 0.320 e. The Bertz CT molecular complexity index is 310. The van der Waals surface area contributed by atoms with E-state index >= 15 is 0 Å². The second-order valence-electron chi connectivity index (χ2n) is 7.21. The van der Waals surface area contributed by atoms with Crippen molar-refractivity contribution in [3.63, 3.8) is 0 Å². The fraction of sp³-hybridized carbons (Fsp3) is 1.00. The Morgan fingerprint density at radius 3 is 2.40 bits per heavy atom. The first-order valence-electron chi connectivity index (χ1n) is 8.06. The molecule has 2 fully saturated rings. The van der Waals surface area contributed by atoms with Gasteiger partial charge in [-0.25, -0.2) is 0 Å². The lowest BCUT2D eigenvalue weighted by Crippen LogP contribution is -2.59. The number of nitrogens with zero attached hydrogens (tertiary/aromatic N) is 1. The van der Waals surface area contributed by atoms with Crippen LogP contribution in [0.25, 0.3) is 0 Å². The van der Waals surface area contributed by atoms with E-state index in [1.54, 1.807) is 0 Å². The molecule has 118 valence electrons. The zero-order chi connectivity index (χ0) is 14.9. The summed E-state index contributed by atoms with van der Waals surface area (Å²) in [7, 11) is 0. The SMILES string of the molecule is CCC(C)N1CC2(CCC1C(C)C)CC(OC(F)F)C2. The normalized spacial score (nSPS) is 36.6. The molecule has 2 aliphatic rings. The first-order valence-corrected chi connectivity index (χ1v) is 8.06. The van der Waals surface area contributed by atoms with Gasteiger partial charge in [0, 0.05) is 18.6 Å². The fourth-order valence-corrected chi connectivity index (χ4v) is 4.12. The monoisotopic (exact) mass is 289 g/mol. The van der Waals surface area contributed by atoms with E-state index in [0.29, 0.717) is 18.0 Å². The molecule has 2 unspecified atom stereocenters. The third-order valence-corrected chi connectivity index (χ3v) is 5.46. The van der Waals surface area contributed by atoms with Gasteiger partial charge in [0.1, 0.15) is 0 Å². The number of rotatable bonds is 5. The van der Waals surface area contributed by atoms with Crippen molar-refractivity contribution >= 4 is 0 Å². The largest absolute Gasteiger partial charge is 0.345 e. The molecule has 0 aromatic heterocycles. The van der Waals surface area contributed by atoms with Gasteiger partial charge in [0.25, 0.3) is 0 Å². The van der Waals surface area contributed by atoms with Crippen molar-refractivity contribution in [2.45, 2.75) is 84.6 Å². The minimum absolute atomic E-state index is 0.218. The zero-order valence-corrected chi connectivity index (χ0v) is 13.2. The van der Waals surface area contributed by atoms with Crippen molar-refractivity contribution in [3.8, 4) is 0 Å². The molecular weight excluding hydrogens is 260 g/mol. The molecule has 0 radical (unpaired) electrons. The summed E-state index contributed by atoms with van der Waals surface area (Å²) in [6.07, 6.45) is 4.93. The molecule has 0 N–H and O–H groups in total. The van der Waals surface area contributed by atoms with Crippen LogP contribution >= 0.6 is 0 Å². The van der Waals surface area contributed by atoms with E-state index in [1.807, 2.05) is 0 Å². The highest BCUT2D eigenvalue weighted by Crippen LogP contribution is 2.51. The van der Waals surface area contributed by atoms with Gasteiger partial charge in [-0.3, -0.25) is 4.90 Å². The molecule has 1 heterocycles. The Hall–Kier alpha value is -0.220. The first-order chi connectivity index (χ1) is 9.37. The van der Waals surface area contributed by atoms with Gasteiger partial charge >= 0.3 is 6.61 Å². The Labute approximate surface area is 121 Å². The summed E-state index contributed by atoms with van der Waals surface area (Å²) in [5.74, 6) is 0.662. The van der Waals surface area contributed by atoms with E-state index < -0.39 is 6.61 Å².